The second-order valence-electron chi connectivity index (χ2n) is 3.11. The third-order valence-corrected chi connectivity index (χ3v) is 3.12. The minimum absolute atomic E-state index is 0.179. The number of carbonyl (C=O) groups excluding carboxylic acids is 1. The van der Waals surface area contributed by atoms with Gasteiger partial charge in [0.25, 0.3) is 0 Å². The second-order valence-corrected chi connectivity index (χ2v) is 3.96. The van der Waals surface area contributed by atoms with E-state index in [0.717, 1.165) is 22.9 Å². The number of fused-ring (bicyclic) bond motifs is 1. The molecule has 1 aromatic carbocycles. The van der Waals surface area contributed by atoms with Crippen LogP contribution in [0.1, 0.15) is 28.4 Å². The molecule has 0 saturated heterocycles. The average molecular weight is 225 g/mol. The summed E-state index contributed by atoms with van der Waals surface area (Å²) in [4.78, 5) is 11.1. The van der Waals surface area contributed by atoms with Crippen LogP contribution in [0.5, 0.6) is 0 Å². The number of benzene rings is 1. The smallest absolute Gasteiger partial charge is 0.160 e. The van der Waals surface area contributed by atoms with Gasteiger partial charge in [0.15, 0.2) is 5.78 Å². The lowest BCUT2D eigenvalue weighted by molar-refractivity contribution is 0.101. The second kappa shape index (κ2) is 2.70. The highest BCUT2D eigenvalue weighted by Gasteiger charge is 2.21. The number of carbonyl (C=O) groups is 1. The van der Waals surface area contributed by atoms with E-state index in [1.54, 1.807) is 6.92 Å². The van der Waals surface area contributed by atoms with Crippen molar-refractivity contribution in [2.45, 2.75) is 19.8 Å². The van der Waals surface area contributed by atoms with Gasteiger partial charge in [-0.05, 0) is 37.0 Å². The van der Waals surface area contributed by atoms with Crippen LogP contribution in [0, 0.1) is 0 Å². The summed E-state index contributed by atoms with van der Waals surface area (Å²) in [6.07, 6.45) is 2.17. The summed E-state index contributed by atoms with van der Waals surface area (Å²) in [6, 6.07) is 3.87. The molecule has 2 heteroatoms. The Morgan fingerprint density at radius 3 is 2.50 bits per heavy atom. The van der Waals surface area contributed by atoms with Crippen LogP contribution in [0.4, 0.5) is 0 Å². The van der Waals surface area contributed by atoms with Gasteiger partial charge < -0.3 is 0 Å². The van der Waals surface area contributed by atoms with Crippen LogP contribution < -0.4 is 0 Å². The molecule has 0 N–H and O–H groups in total. The maximum atomic E-state index is 11.1. The van der Waals surface area contributed by atoms with Crippen LogP contribution in [0.15, 0.2) is 16.6 Å². The highest BCUT2D eigenvalue weighted by atomic mass is 79.9. The van der Waals surface area contributed by atoms with Gasteiger partial charge >= 0.3 is 0 Å². The summed E-state index contributed by atoms with van der Waals surface area (Å²) < 4.78 is 1.15. The van der Waals surface area contributed by atoms with E-state index < -0.39 is 0 Å². The minimum Gasteiger partial charge on any atom is -0.295 e. The monoisotopic (exact) mass is 224 g/mol. The molecular formula is C10H9BrO. The first-order valence-corrected chi connectivity index (χ1v) is 4.80. The normalized spacial score (nSPS) is 13.5. The van der Waals surface area contributed by atoms with Crippen LogP contribution in [0.3, 0.4) is 0 Å². The van der Waals surface area contributed by atoms with Crippen molar-refractivity contribution in [3.05, 3.63) is 33.3 Å². The molecule has 0 aromatic heterocycles. The summed E-state index contributed by atoms with van der Waals surface area (Å²) in [5.41, 5.74) is 3.47. The molecule has 0 radical (unpaired) electrons. The quantitative estimate of drug-likeness (QED) is 0.671. The first-order chi connectivity index (χ1) is 5.70. The molecule has 12 heavy (non-hydrogen) atoms. The number of rotatable bonds is 1. The Morgan fingerprint density at radius 2 is 2.00 bits per heavy atom. The highest BCUT2D eigenvalue weighted by molar-refractivity contribution is 9.10. The lowest BCUT2D eigenvalue weighted by Crippen LogP contribution is -2.14. The van der Waals surface area contributed by atoms with E-state index in [1.807, 2.05) is 12.1 Å². The van der Waals surface area contributed by atoms with Crippen molar-refractivity contribution in [2.24, 2.45) is 0 Å². The third kappa shape index (κ3) is 1.02. The molecule has 1 nitrogen and oxygen atoms in total. The summed E-state index contributed by atoms with van der Waals surface area (Å²) in [6.45, 7) is 1.63. The largest absolute Gasteiger partial charge is 0.295 e. The van der Waals surface area contributed by atoms with Crippen molar-refractivity contribution in [2.75, 3.05) is 0 Å². The van der Waals surface area contributed by atoms with E-state index in [1.165, 1.54) is 11.1 Å². The van der Waals surface area contributed by atoms with Crippen LogP contribution in [-0.2, 0) is 12.8 Å². The lowest BCUT2D eigenvalue weighted by atomic mass is 9.84. The molecule has 0 saturated carbocycles. The predicted octanol–water partition coefficient (Wildman–Crippen LogP) is 2.75. The van der Waals surface area contributed by atoms with E-state index in [-0.39, 0.29) is 5.78 Å². The molecule has 0 heterocycles. The van der Waals surface area contributed by atoms with Gasteiger partial charge in [-0.3, -0.25) is 4.79 Å². The average Bonchev–Trinajstić information content (AvgIpc) is 1.92. The van der Waals surface area contributed by atoms with Gasteiger partial charge in [0.2, 0.25) is 0 Å². The predicted molar refractivity (Wildman–Crippen MR) is 51.6 cm³/mol. The summed E-state index contributed by atoms with van der Waals surface area (Å²) in [5, 5.41) is 0. The first kappa shape index (κ1) is 7.99. The van der Waals surface area contributed by atoms with Crippen molar-refractivity contribution < 1.29 is 4.79 Å². The van der Waals surface area contributed by atoms with Crippen molar-refractivity contribution >= 4 is 21.7 Å². The van der Waals surface area contributed by atoms with Crippen LogP contribution >= 0.6 is 15.9 Å². The molecule has 1 aromatic rings. The number of ketones is 1. The van der Waals surface area contributed by atoms with Gasteiger partial charge in [-0.1, -0.05) is 22.0 Å². The summed E-state index contributed by atoms with van der Waals surface area (Å²) in [5.74, 6) is 0.179. The number of halogens is 1. The summed E-state index contributed by atoms with van der Waals surface area (Å²) >= 11 is 3.47. The van der Waals surface area contributed by atoms with Crippen molar-refractivity contribution in [1.82, 2.24) is 0 Å². The first-order valence-electron chi connectivity index (χ1n) is 4.01. The molecular weight excluding hydrogens is 216 g/mol. The van der Waals surface area contributed by atoms with Gasteiger partial charge in [-0.2, -0.15) is 0 Å². The van der Waals surface area contributed by atoms with E-state index in [9.17, 15) is 4.79 Å². The van der Waals surface area contributed by atoms with E-state index >= 15 is 0 Å². The molecule has 0 amide bonds. The Morgan fingerprint density at radius 1 is 1.33 bits per heavy atom. The minimum atomic E-state index is 0.179. The zero-order valence-corrected chi connectivity index (χ0v) is 8.44. The SMILES string of the molecule is CC(=O)c1ccc(Br)c2c1CC2. The number of hydrogen-bond donors (Lipinski definition) is 0. The molecule has 0 spiro atoms. The maximum Gasteiger partial charge on any atom is 0.160 e. The Balaban J connectivity index is 2.60. The molecule has 0 fully saturated rings. The van der Waals surface area contributed by atoms with Crippen molar-refractivity contribution in [1.29, 1.82) is 0 Å². The number of Topliss-reactive ketones (excluding diaryl/α,β-unsaturated/α-hetero) is 1. The fourth-order valence-corrected chi connectivity index (χ4v) is 2.19. The highest BCUT2D eigenvalue weighted by Crippen LogP contribution is 2.33. The molecule has 0 unspecified atom stereocenters. The van der Waals surface area contributed by atoms with Crippen LogP contribution in [0.25, 0.3) is 0 Å². The standard InChI is InChI=1S/C10H9BrO/c1-6(12)7-4-5-10(11)9-3-2-8(7)9/h4-5H,2-3H2,1H3. The third-order valence-electron chi connectivity index (χ3n) is 2.38. The van der Waals surface area contributed by atoms with Crippen LogP contribution in [-0.4, -0.2) is 5.78 Å². The zero-order valence-electron chi connectivity index (χ0n) is 6.86. The van der Waals surface area contributed by atoms with E-state index in [2.05, 4.69) is 15.9 Å². The van der Waals surface area contributed by atoms with Crippen LogP contribution in [0.2, 0.25) is 0 Å². The van der Waals surface area contributed by atoms with Gasteiger partial charge in [0.1, 0.15) is 0 Å². The zero-order chi connectivity index (χ0) is 8.72. The Kier molecular flexibility index (Phi) is 1.80. The molecule has 1 aliphatic carbocycles. The fourth-order valence-electron chi connectivity index (χ4n) is 1.62. The van der Waals surface area contributed by atoms with Gasteiger partial charge in [-0.25, -0.2) is 0 Å². The Hall–Kier alpha value is -0.630. The van der Waals surface area contributed by atoms with E-state index in [0.29, 0.717) is 0 Å². The molecule has 0 bridgehead atoms. The van der Waals surface area contributed by atoms with Crippen molar-refractivity contribution in [3.63, 3.8) is 0 Å². The molecule has 0 aliphatic heterocycles. The lowest BCUT2D eigenvalue weighted by Gasteiger charge is -2.22. The summed E-state index contributed by atoms with van der Waals surface area (Å²) in [7, 11) is 0. The molecule has 2 rings (SSSR count). The molecule has 62 valence electrons. The Bertz CT molecular complexity index is 355. The maximum absolute atomic E-state index is 11.1. The molecule has 0 atom stereocenters. The topological polar surface area (TPSA) is 17.1 Å². The van der Waals surface area contributed by atoms with Gasteiger partial charge in [0, 0.05) is 10.0 Å². The Labute approximate surface area is 79.9 Å². The van der Waals surface area contributed by atoms with Crippen molar-refractivity contribution in [3.8, 4) is 0 Å². The van der Waals surface area contributed by atoms with Gasteiger partial charge in [0.05, 0.1) is 0 Å². The van der Waals surface area contributed by atoms with E-state index in [4.69, 9.17) is 0 Å². The molecule has 1 aliphatic rings. The fraction of sp³-hybridized carbons (Fsp3) is 0.300. The number of hydrogen-bond acceptors (Lipinski definition) is 1. The van der Waals surface area contributed by atoms with Gasteiger partial charge in [-0.15, -0.1) is 0 Å².